The molecule has 26 heavy (non-hydrogen) atoms. The number of hydrogen-bond acceptors (Lipinski definition) is 3. The van der Waals surface area contributed by atoms with Crippen molar-refractivity contribution in [1.82, 2.24) is 0 Å². The van der Waals surface area contributed by atoms with E-state index in [1.54, 1.807) is 19.1 Å². The largest absolute Gasteiger partial charge is 0.416 e. The molecule has 1 atom stereocenters. The Morgan fingerprint density at radius 3 is 2.42 bits per heavy atom. The summed E-state index contributed by atoms with van der Waals surface area (Å²) in [5.74, 6) is 0.0190. The molecule has 0 unspecified atom stereocenters. The minimum atomic E-state index is -4.62. The lowest BCUT2D eigenvalue weighted by molar-refractivity contribution is -0.137. The van der Waals surface area contributed by atoms with Crippen LogP contribution < -0.4 is 4.72 Å². The fourth-order valence-electron chi connectivity index (χ4n) is 2.54. The highest BCUT2D eigenvalue weighted by atomic mass is 32.2. The predicted molar refractivity (Wildman–Crippen MR) is 95.1 cm³/mol. The maximum absolute atomic E-state index is 12.8. The van der Waals surface area contributed by atoms with Crippen LogP contribution in [-0.4, -0.2) is 14.1 Å². The molecule has 2 N–H and O–H groups in total. The summed E-state index contributed by atoms with van der Waals surface area (Å²) in [6, 6.07) is 10.2. The molecule has 0 spiro atoms. The second-order valence-electron chi connectivity index (χ2n) is 6.14. The topological polar surface area (TPSA) is 70.0 Å². The Hall–Kier alpha value is -2.35. The zero-order chi connectivity index (χ0) is 19.5. The van der Waals surface area contributed by atoms with E-state index in [0.717, 1.165) is 23.8 Å². The van der Waals surface area contributed by atoms with Crippen molar-refractivity contribution in [2.75, 3.05) is 4.72 Å². The van der Waals surface area contributed by atoms with Gasteiger partial charge in [0.25, 0.3) is 10.0 Å². The first-order valence-corrected chi connectivity index (χ1v) is 9.31. The highest BCUT2D eigenvalue weighted by molar-refractivity contribution is 7.92. The van der Waals surface area contributed by atoms with Crippen molar-refractivity contribution in [2.45, 2.75) is 37.3 Å². The number of benzene rings is 2. The molecule has 2 aromatic carbocycles. The van der Waals surface area contributed by atoms with Crippen molar-refractivity contribution in [3.63, 3.8) is 0 Å². The number of sulfonamides is 1. The number of nitrogens with one attached hydrogen (secondary N) is 2. The molecule has 0 fully saturated rings. The molecule has 0 bridgehead atoms. The van der Waals surface area contributed by atoms with Gasteiger partial charge >= 0.3 is 6.18 Å². The summed E-state index contributed by atoms with van der Waals surface area (Å²) < 4.78 is 65.6. The summed E-state index contributed by atoms with van der Waals surface area (Å²) in [7, 11) is -4.15. The van der Waals surface area contributed by atoms with Gasteiger partial charge in [-0.1, -0.05) is 25.1 Å². The summed E-state index contributed by atoms with van der Waals surface area (Å²) in [6.07, 6.45) is -4.09. The van der Waals surface area contributed by atoms with Crippen LogP contribution in [0.1, 0.15) is 37.3 Å². The molecule has 0 heterocycles. The lowest BCUT2D eigenvalue weighted by Crippen LogP contribution is -2.15. The van der Waals surface area contributed by atoms with Crippen LogP contribution in [0.4, 0.5) is 18.9 Å². The second-order valence-corrected chi connectivity index (χ2v) is 7.82. The van der Waals surface area contributed by atoms with E-state index >= 15 is 0 Å². The minimum Gasteiger partial charge on any atom is -0.310 e. The average Bonchev–Trinajstić information content (AvgIpc) is 2.53. The summed E-state index contributed by atoms with van der Waals surface area (Å²) in [5.41, 5.74) is 0.576. The Kier molecular flexibility index (Phi) is 5.75. The van der Waals surface area contributed by atoms with Gasteiger partial charge in [0, 0.05) is 11.4 Å². The van der Waals surface area contributed by atoms with Gasteiger partial charge in [-0.15, -0.1) is 0 Å². The Labute approximate surface area is 150 Å². The molecule has 0 saturated heterocycles. The first-order chi connectivity index (χ1) is 12.0. The normalized spacial score (nSPS) is 13.3. The fraction of sp³-hybridized carbons (Fsp3) is 0.278. The first-order valence-electron chi connectivity index (χ1n) is 7.83. The van der Waals surface area contributed by atoms with Gasteiger partial charge in [0.05, 0.1) is 10.5 Å². The van der Waals surface area contributed by atoms with Gasteiger partial charge in [-0.2, -0.15) is 13.2 Å². The average molecular weight is 384 g/mol. The number of alkyl halides is 3. The summed E-state index contributed by atoms with van der Waals surface area (Å²) in [5, 5.41) is 7.55. The number of halogens is 3. The highest BCUT2D eigenvalue weighted by Gasteiger charge is 2.31. The summed E-state index contributed by atoms with van der Waals surface area (Å²) in [6.45, 7) is 3.61. The van der Waals surface area contributed by atoms with E-state index in [9.17, 15) is 21.6 Å². The molecule has 140 valence electrons. The van der Waals surface area contributed by atoms with Crippen LogP contribution in [0.3, 0.4) is 0 Å². The third-order valence-electron chi connectivity index (χ3n) is 3.79. The predicted octanol–water partition coefficient (Wildman–Crippen LogP) is 5.04. The van der Waals surface area contributed by atoms with Crippen LogP contribution in [0.2, 0.25) is 0 Å². The highest BCUT2D eigenvalue weighted by Crippen LogP contribution is 2.31. The van der Waals surface area contributed by atoms with E-state index in [4.69, 9.17) is 5.41 Å². The van der Waals surface area contributed by atoms with Gasteiger partial charge in [0.1, 0.15) is 0 Å². The molecule has 0 radical (unpaired) electrons. The molecule has 2 rings (SSSR count). The molecule has 0 aliphatic heterocycles. The fourth-order valence-corrected chi connectivity index (χ4v) is 3.63. The van der Waals surface area contributed by atoms with Crippen LogP contribution in [0.25, 0.3) is 0 Å². The van der Waals surface area contributed by atoms with Crippen molar-refractivity contribution in [3.05, 3.63) is 59.7 Å². The van der Waals surface area contributed by atoms with Gasteiger partial charge in [-0.05, 0) is 55.2 Å². The first kappa shape index (κ1) is 20.0. The third kappa shape index (κ3) is 5.08. The van der Waals surface area contributed by atoms with Gasteiger partial charge in [-0.25, -0.2) is 8.42 Å². The van der Waals surface area contributed by atoms with E-state index in [-0.39, 0.29) is 11.6 Å². The van der Waals surface area contributed by atoms with Gasteiger partial charge < -0.3 is 5.41 Å². The van der Waals surface area contributed by atoms with Gasteiger partial charge in [-0.3, -0.25) is 4.72 Å². The van der Waals surface area contributed by atoms with Crippen LogP contribution in [0.5, 0.6) is 0 Å². The summed E-state index contributed by atoms with van der Waals surface area (Å²) >= 11 is 0. The number of hydrogen-bond donors (Lipinski definition) is 2. The van der Waals surface area contributed by atoms with Crippen molar-refractivity contribution in [1.29, 1.82) is 5.41 Å². The third-order valence-corrected chi connectivity index (χ3v) is 5.17. The molecule has 0 aliphatic rings. The van der Waals surface area contributed by atoms with E-state index in [2.05, 4.69) is 4.72 Å². The van der Waals surface area contributed by atoms with E-state index in [0.29, 0.717) is 18.2 Å². The smallest absolute Gasteiger partial charge is 0.310 e. The van der Waals surface area contributed by atoms with Crippen molar-refractivity contribution in [2.24, 2.45) is 0 Å². The monoisotopic (exact) mass is 384 g/mol. The standard InChI is InChI=1S/C18H19F3N2O2S/c1-12(9-13(2)22)14-5-3-7-16(10-14)23-26(24,25)17-8-4-6-15(11-17)18(19,20)21/h3-8,10-12,22-23H,9H2,1-2H3/t12-/m0/s1. The lowest BCUT2D eigenvalue weighted by Gasteiger charge is -2.14. The molecular formula is C18H19F3N2O2S. The van der Waals surface area contributed by atoms with Crippen LogP contribution in [-0.2, 0) is 16.2 Å². The Morgan fingerprint density at radius 1 is 1.15 bits per heavy atom. The van der Waals surface area contributed by atoms with E-state index in [1.807, 2.05) is 13.0 Å². The number of anilines is 1. The van der Waals surface area contributed by atoms with Crippen molar-refractivity contribution >= 4 is 21.4 Å². The van der Waals surface area contributed by atoms with Crippen molar-refractivity contribution in [3.8, 4) is 0 Å². The van der Waals surface area contributed by atoms with E-state index < -0.39 is 26.7 Å². The molecule has 2 aromatic rings. The molecule has 0 saturated carbocycles. The number of rotatable bonds is 6. The molecular weight excluding hydrogens is 365 g/mol. The Morgan fingerprint density at radius 2 is 1.81 bits per heavy atom. The zero-order valence-electron chi connectivity index (χ0n) is 14.3. The van der Waals surface area contributed by atoms with E-state index in [1.165, 1.54) is 6.07 Å². The van der Waals surface area contributed by atoms with Crippen molar-refractivity contribution < 1.29 is 21.6 Å². The van der Waals surface area contributed by atoms with Crippen LogP contribution in [0, 0.1) is 5.41 Å². The van der Waals surface area contributed by atoms with Gasteiger partial charge in [0.15, 0.2) is 0 Å². The molecule has 8 heteroatoms. The zero-order valence-corrected chi connectivity index (χ0v) is 15.1. The summed E-state index contributed by atoms with van der Waals surface area (Å²) in [4.78, 5) is -0.457. The molecule has 0 amide bonds. The molecule has 0 aromatic heterocycles. The Bertz CT molecular complexity index is 909. The maximum Gasteiger partial charge on any atom is 0.416 e. The SMILES string of the molecule is CC(=N)C[C@H](C)c1cccc(NS(=O)(=O)c2cccc(C(F)(F)F)c2)c1. The van der Waals surface area contributed by atoms with Crippen LogP contribution in [0.15, 0.2) is 53.4 Å². The molecule has 0 aliphatic carbocycles. The molecule has 4 nitrogen and oxygen atoms in total. The second kappa shape index (κ2) is 7.49. The Balaban J connectivity index is 2.29. The maximum atomic E-state index is 12.8. The lowest BCUT2D eigenvalue weighted by atomic mass is 9.95. The minimum absolute atomic E-state index is 0.0190. The van der Waals surface area contributed by atoms with Gasteiger partial charge in [0.2, 0.25) is 0 Å². The quantitative estimate of drug-likeness (QED) is 0.685. The van der Waals surface area contributed by atoms with Crippen LogP contribution >= 0.6 is 0 Å².